The third-order valence-corrected chi connectivity index (χ3v) is 5.34. The number of carbonyl (C=O) groups excluding carboxylic acids is 1. The van der Waals surface area contributed by atoms with Gasteiger partial charge in [0.05, 0.1) is 0 Å². The number of hydrogen-bond donors (Lipinski definition) is 1. The van der Waals surface area contributed by atoms with Crippen LogP contribution in [0.4, 0.5) is 0 Å². The Morgan fingerprint density at radius 3 is 3.17 bits per heavy atom. The van der Waals surface area contributed by atoms with Gasteiger partial charge in [0.2, 0.25) is 0 Å². The Kier molecular flexibility index (Phi) is 3.26. The summed E-state index contributed by atoms with van der Waals surface area (Å²) < 4.78 is 6.96. The van der Waals surface area contributed by atoms with Crippen LogP contribution in [0.1, 0.15) is 32.6 Å². The molecule has 18 heavy (non-hydrogen) atoms. The smallest absolute Gasteiger partial charge is 0.332 e. The Balaban J connectivity index is 2.05. The molecule has 0 aromatic rings. The second-order valence-electron chi connectivity index (χ2n) is 5.54. The van der Waals surface area contributed by atoms with Gasteiger partial charge in [0.15, 0.2) is 0 Å². The van der Waals surface area contributed by atoms with E-state index in [0.29, 0.717) is 12.0 Å². The molecule has 3 nitrogen and oxygen atoms in total. The molecule has 1 N–H and O–H groups in total. The molecular formula is C14H18INO2. The fraction of sp³-hybridized carbons (Fsp3) is 0.643. The Bertz CT molecular complexity index is 443. The average Bonchev–Trinajstić information content (AvgIpc) is 2.68. The Morgan fingerprint density at radius 1 is 1.50 bits per heavy atom. The summed E-state index contributed by atoms with van der Waals surface area (Å²) in [6.45, 7) is 3.28. The Hall–Kier alpha value is -0.360. The lowest BCUT2D eigenvalue weighted by atomic mass is 9.73. The van der Waals surface area contributed by atoms with Crippen LogP contribution in [-0.4, -0.2) is 24.2 Å². The van der Waals surface area contributed by atoms with E-state index in [1.807, 2.05) is 0 Å². The molecule has 1 aliphatic carbocycles. The molecule has 0 radical (unpaired) electrons. The van der Waals surface area contributed by atoms with Gasteiger partial charge in [-0.05, 0) is 42.0 Å². The summed E-state index contributed by atoms with van der Waals surface area (Å²) in [5.74, 6) is 0.232. The number of esters is 1. The second kappa shape index (κ2) is 4.63. The van der Waals surface area contributed by atoms with Crippen LogP contribution in [0.15, 0.2) is 21.3 Å². The van der Waals surface area contributed by atoms with Gasteiger partial charge in [-0.3, -0.25) is 0 Å². The highest BCUT2D eigenvalue weighted by Crippen LogP contribution is 2.49. The summed E-state index contributed by atoms with van der Waals surface area (Å²) in [4.78, 5) is 11.7. The lowest BCUT2D eigenvalue weighted by molar-refractivity contribution is -0.151. The van der Waals surface area contributed by atoms with Gasteiger partial charge in [-0.15, -0.1) is 0 Å². The van der Waals surface area contributed by atoms with Gasteiger partial charge < -0.3 is 10.1 Å². The lowest BCUT2D eigenvalue weighted by Crippen LogP contribution is -2.47. The molecule has 2 heterocycles. The molecule has 98 valence electrons. The average molecular weight is 359 g/mol. The zero-order valence-corrected chi connectivity index (χ0v) is 12.7. The van der Waals surface area contributed by atoms with Crippen molar-refractivity contribution in [3.05, 3.63) is 21.3 Å². The number of fused-ring (bicyclic) bond motifs is 1. The number of hydrogen-bond acceptors (Lipinski definition) is 3. The number of rotatable bonds is 0. The highest BCUT2D eigenvalue weighted by atomic mass is 127. The predicted molar refractivity (Wildman–Crippen MR) is 78.4 cm³/mol. The van der Waals surface area contributed by atoms with Crippen LogP contribution < -0.4 is 5.32 Å². The number of halogens is 1. The number of nitrogens with one attached hydrogen (secondary N) is 1. The minimum atomic E-state index is -0.371. The summed E-state index contributed by atoms with van der Waals surface area (Å²) in [6, 6.07) is 0.334. The van der Waals surface area contributed by atoms with Crippen molar-refractivity contribution in [1.29, 1.82) is 0 Å². The van der Waals surface area contributed by atoms with Crippen LogP contribution in [-0.2, 0) is 9.53 Å². The van der Waals surface area contributed by atoms with E-state index in [2.05, 4.69) is 40.9 Å². The zero-order chi connectivity index (χ0) is 12.8. The summed E-state index contributed by atoms with van der Waals surface area (Å²) in [6.07, 6.45) is 8.35. The molecule has 0 aromatic carbocycles. The van der Waals surface area contributed by atoms with Crippen molar-refractivity contribution in [2.45, 2.75) is 44.2 Å². The predicted octanol–water partition coefficient (Wildman–Crippen LogP) is 2.71. The molecule has 3 rings (SSSR count). The van der Waals surface area contributed by atoms with E-state index in [1.165, 1.54) is 16.4 Å². The van der Waals surface area contributed by atoms with E-state index in [1.54, 1.807) is 6.08 Å². The summed E-state index contributed by atoms with van der Waals surface area (Å²) in [5, 5.41) is 3.57. The van der Waals surface area contributed by atoms with Gasteiger partial charge in [0.1, 0.15) is 5.60 Å². The molecule has 2 aliphatic heterocycles. The van der Waals surface area contributed by atoms with Gasteiger partial charge in [-0.1, -0.05) is 19.4 Å². The van der Waals surface area contributed by atoms with Crippen molar-refractivity contribution in [2.75, 3.05) is 6.54 Å². The second-order valence-corrected chi connectivity index (χ2v) is 6.71. The topological polar surface area (TPSA) is 38.3 Å². The van der Waals surface area contributed by atoms with E-state index >= 15 is 0 Å². The molecule has 1 spiro atoms. The summed E-state index contributed by atoms with van der Waals surface area (Å²) in [5.41, 5.74) is 0.741. The quantitative estimate of drug-likeness (QED) is 0.534. The van der Waals surface area contributed by atoms with Gasteiger partial charge in [-0.2, -0.15) is 0 Å². The monoisotopic (exact) mass is 359 g/mol. The van der Waals surface area contributed by atoms with Crippen LogP contribution in [0.25, 0.3) is 0 Å². The summed E-state index contributed by atoms with van der Waals surface area (Å²) >= 11 is 2.34. The third-order valence-electron chi connectivity index (χ3n) is 4.40. The molecular weight excluding hydrogens is 341 g/mol. The van der Waals surface area contributed by atoms with Gasteiger partial charge in [0.25, 0.3) is 0 Å². The van der Waals surface area contributed by atoms with E-state index in [-0.39, 0.29) is 11.6 Å². The maximum absolute atomic E-state index is 11.7. The fourth-order valence-electron chi connectivity index (χ4n) is 3.37. The van der Waals surface area contributed by atoms with Crippen molar-refractivity contribution in [3.8, 4) is 0 Å². The number of carbonyl (C=O) groups is 1. The fourth-order valence-corrected chi connectivity index (χ4v) is 4.42. The molecule has 3 aliphatic rings. The van der Waals surface area contributed by atoms with Crippen molar-refractivity contribution in [2.24, 2.45) is 5.92 Å². The van der Waals surface area contributed by atoms with E-state index in [4.69, 9.17) is 4.74 Å². The minimum absolute atomic E-state index is 0.167. The minimum Gasteiger partial charge on any atom is -0.451 e. The first-order chi connectivity index (χ1) is 8.62. The molecule has 0 amide bonds. The summed E-state index contributed by atoms with van der Waals surface area (Å²) in [7, 11) is 0. The first-order valence-corrected chi connectivity index (χ1v) is 7.76. The Morgan fingerprint density at radius 2 is 2.33 bits per heavy atom. The van der Waals surface area contributed by atoms with Crippen LogP contribution >= 0.6 is 22.6 Å². The Labute approximate surface area is 121 Å². The normalized spacial score (nSPS) is 39.8. The van der Waals surface area contributed by atoms with E-state index < -0.39 is 0 Å². The largest absolute Gasteiger partial charge is 0.451 e. The van der Waals surface area contributed by atoms with Gasteiger partial charge in [0, 0.05) is 33.6 Å². The zero-order valence-electron chi connectivity index (χ0n) is 10.5. The molecule has 0 saturated carbocycles. The van der Waals surface area contributed by atoms with Crippen molar-refractivity contribution in [3.63, 3.8) is 0 Å². The van der Waals surface area contributed by atoms with Gasteiger partial charge >= 0.3 is 5.97 Å². The standard InChI is InChI=1S/C14H18INO2/c1-9-4-2-3-5-16-10-6-12(15)11-7-13(17)18-14(9,11)8-10/h6-7,9-10,16H,2-5,8H2,1H3/t9-,10-,14-/m1/s1. The van der Waals surface area contributed by atoms with Crippen LogP contribution in [0.2, 0.25) is 0 Å². The lowest BCUT2D eigenvalue weighted by Gasteiger charge is -2.41. The maximum atomic E-state index is 11.7. The maximum Gasteiger partial charge on any atom is 0.332 e. The molecule has 1 saturated heterocycles. The molecule has 1 fully saturated rings. The van der Waals surface area contributed by atoms with Crippen LogP contribution in [0, 0.1) is 5.92 Å². The highest BCUT2D eigenvalue weighted by Gasteiger charge is 2.51. The van der Waals surface area contributed by atoms with Crippen molar-refractivity contribution >= 4 is 28.6 Å². The third kappa shape index (κ3) is 1.93. The molecule has 0 aromatic heterocycles. The number of ether oxygens (including phenoxy) is 1. The SMILES string of the molecule is C[C@@H]1CCCCN[C@@H]2C=C(I)C3=CC(=O)O[C@@]31C2. The van der Waals surface area contributed by atoms with Crippen LogP contribution in [0.5, 0.6) is 0 Å². The van der Waals surface area contributed by atoms with Gasteiger partial charge in [-0.25, -0.2) is 4.79 Å². The van der Waals surface area contributed by atoms with Crippen LogP contribution in [0.3, 0.4) is 0 Å². The first-order valence-electron chi connectivity index (χ1n) is 6.68. The van der Waals surface area contributed by atoms with Crippen molar-refractivity contribution in [1.82, 2.24) is 5.32 Å². The molecule has 2 bridgehead atoms. The highest BCUT2D eigenvalue weighted by molar-refractivity contribution is 14.1. The molecule has 3 atom stereocenters. The molecule has 4 heteroatoms. The van der Waals surface area contributed by atoms with Crippen molar-refractivity contribution < 1.29 is 9.53 Å². The first kappa shape index (κ1) is 12.7. The molecule has 0 unspecified atom stereocenters. The van der Waals surface area contributed by atoms with E-state index in [9.17, 15) is 4.79 Å². The van der Waals surface area contributed by atoms with E-state index in [0.717, 1.165) is 25.0 Å².